The van der Waals surface area contributed by atoms with E-state index in [1.54, 1.807) is 0 Å². The van der Waals surface area contributed by atoms with Gasteiger partial charge in [-0.15, -0.1) is 6.42 Å². The summed E-state index contributed by atoms with van der Waals surface area (Å²) in [6.07, 6.45) is 12.9. The first-order chi connectivity index (χ1) is 15.7. The second-order valence-corrected chi connectivity index (χ2v) is 8.37. The van der Waals surface area contributed by atoms with Gasteiger partial charge in [-0.2, -0.15) is 0 Å². The summed E-state index contributed by atoms with van der Waals surface area (Å²) in [5.74, 6) is 2.82. The number of benzene rings is 2. The Kier molecular flexibility index (Phi) is 7.21. The summed E-state index contributed by atoms with van der Waals surface area (Å²) in [5.41, 5.74) is 3.19. The third-order valence-electron chi connectivity index (χ3n) is 6.22. The van der Waals surface area contributed by atoms with Crippen LogP contribution in [0.2, 0.25) is 0 Å². The van der Waals surface area contributed by atoms with E-state index in [2.05, 4.69) is 33.9 Å². The number of para-hydroxylation sites is 2. The van der Waals surface area contributed by atoms with E-state index in [0.29, 0.717) is 6.42 Å². The number of carbonyl (C=O) groups excluding carboxylic acids is 1. The first-order valence-corrected chi connectivity index (χ1v) is 11.4. The Morgan fingerprint density at radius 3 is 2.16 bits per heavy atom. The van der Waals surface area contributed by atoms with Gasteiger partial charge in [0.05, 0.1) is 11.0 Å². The van der Waals surface area contributed by atoms with Crippen LogP contribution < -0.4 is 0 Å². The molecule has 0 aliphatic carbocycles. The molecular formula is C28H31N3O. The highest BCUT2D eigenvalue weighted by Gasteiger charge is 2.19. The van der Waals surface area contributed by atoms with Crippen LogP contribution in [0.1, 0.15) is 24.6 Å². The largest absolute Gasteiger partial charge is 0.301 e. The molecule has 4 rings (SSSR count). The van der Waals surface area contributed by atoms with Crippen LogP contribution in [-0.4, -0.2) is 59.5 Å². The number of fused-ring (bicyclic) bond motifs is 3. The molecule has 0 saturated carbocycles. The highest BCUT2D eigenvalue weighted by molar-refractivity contribution is 6.13. The molecule has 0 unspecified atom stereocenters. The van der Waals surface area contributed by atoms with Crippen molar-refractivity contribution < 1.29 is 4.79 Å². The van der Waals surface area contributed by atoms with Crippen LogP contribution in [-0.2, 0) is 0 Å². The van der Waals surface area contributed by atoms with Gasteiger partial charge in [0.25, 0.3) is 0 Å². The lowest BCUT2D eigenvalue weighted by Crippen LogP contribution is -2.47. The molecule has 1 aromatic heterocycles. The molecule has 0 radical (unpaired) electrons. The van der Waals surface area contributed by atoms with Crippen molar-refractivity contribution in [3.05, 3.63) is 72.3 Å². The Hall–Kier alpha value is -3.13. The minimum atomic E-state index is 0.177. The molecule has 4 nitrogen and oxygen atoms in total. The Balaban J connectivity index is 1.32. The molecule has 32 heavy (non-hydrogen) atoms. The molecule has 1 aliphatic heterocycles. The smallest absolute Gasteiger partial charge is 0.231 e. The predicted octanol–water partition coefficient (Wildman–Crippen LogP) is 4.97. The SMILES string of the molecule is C#C/C=C(\C=C/C)CN1CCN(CCCC(=O)n2c3ccccc3c3ccccc32)CC1. The fourth-order valence-corrected chi connectivity index (χ4v) is 4.65. The molecule has 2 heterocycles. The van der Waals surface area contributed by atoms with Crippen LogP contribution in [0.15, 0.2) is 72.3 Å². The zero-order valence-corrected chi connectivity index (χ0v) is 18.8. The predicted molar refractivity (Wildman–Crippen MR) is 134 cm³/mol. The fraction of sp³-hybridized carbons (Fsp3) is 0.321. The van der Waals surface area contributed by atoms with Crippen molar-refractivity contribution in [2.45, 2.75) is 19.8 Å². The van der Waals surface area contributed by atoms with E-state index in [0.717, 1.165) is 67.5 Å². The third-order valence-corrected chi connectivity index (χ3v) is 6.22. The van der Waals surface area contributed by atoms with Crippen LogP contribution >= 0.6 is 0 Å². The molecule has 1 fully saturated rings. The van der Waals surface area contributed by atoms with E-state index in [1.165, 1.54) is 5.57 Å². The molecule has 0 spiro atoms. The van der Waals surface area contributed by atoms with Gasteiger partial charge in [0.15, 0.2) is 0 Å². The van der Waals surface area contributed by atoms with Crippen molar-refractivity contribution in [1.82, 2.24) is 14.4 Å². The maximum atomic E-state index is 13.2. The number of nitrogens with zero attached hydrogens (tertiary/aromatic N) is 3. The monoisotopic (exact) mass is 425 g/mol. The molecule has 0 amide bonds. The van der Waals surface area contributed by atoms with Crippen LogP contribution in [0.4, 0.5) is 0 Å². The highest BCUT2D eigenvalue weighted by atomic mass is 16.2. The topological polar surface area (TPSA) is 28.5 Å². The van der Waals surface area contributed by atoms with E-state index in [-0.39, 0.29) is 5.91 Å². The standard InChI is InChI=1S/C28H31N3O/c1-3-10-23(11-4-2)22-30-20-18-29(19-21-30)17-9-16-28(32)31-26-14-7-5-12-24(26)25-13-6-8-15-27(25)31/h1,4-8,10-15H,9,16-22H2,2H3/b11-4-,23-10+. The van der Waals surface area contributed by atoms with Crippen molar-refractivity contribution in [3.63, 3.8) is 0 Å². The third kappa shape index (κ3) is 4.85. The van der Waals surface area contributed by atoms with E-state index < -0.39 is 0 Å². The van der Waals surface area contributed by atoms with E-state index >= 15 is 0 Å². The summed E-state index contributed by atoms with van der Waals surface area (Å²) in [6.45, 7) is 7.99. The molecule has 2 aromatic carbocycles. The summed E-state index contributed by atoms with van der Waals surface area (Å²) in [4.78, 5) is 18.1. The minimum Gasteiger partial charge on any atom is -0.301 e. The van der Waals surface area contributed by atoms with Crippen LogP contribution in [0.25, 0.3) is 21.8 Å². The number of hydrogen-bond donors (Lipinski definition) is 0. The van der Waals surface area contributed by atoms with Gasteiger partial charge in [-0.05, 0) is 43.7 Å². The minimum absolute atomic E-state index is 0.177. The lowest BCUT2D eigenvalue weighted by atomic mass is 10.2. The van der Waals surface area contributed by atoms with Gasteiger partial charge in [0.1, 0.15) is 0 Å². The Morgan fingerprint density at radius 1 is 0.969 bits per heavy atom. The van der Waals surface area contributed by atoms with Gasteiger partial charge in [0, 0.05) is 49.9 Å². The summed E-state index contributed by atoms with van der Waals surface area (Å²) < 4.78 is 1.91. The van der Waals surface area contributed by atoms with E-state index in [4.69, 9.17) is 6.42 Å². The van der Waals surface area contributed by atoms with Crippen molar-refractivity contribution in [2.24, 2.45) is 0 Å². The van der Waals surface area contributed by atoms with Crippen molar-refractivity contribution >= 4 is 27.7 Å². The molecule has 0 atom stereocenters. The van der Waals surface area contributed by atoms with Gasteiger partial charge >= 0.3 is 0 Å². The zero-order valence-electron chi connectivity index (χ0n) is 18.8. The van der Waals surface area contributed by atoms with Crippen LogP contribution in [0.3, 0.4) is 0 Å². The number of piperazine rings is 1. The normalized spacial score (nSPS) is 16.2. The quantitative estimate of drug-likeness (QED) is 0.395. The number of hydrogen-bond acceptors (Lipinski definition) is 3. The molecule has 0 N–H and O–H groups in total. The zero-order chi connectivity index (χ0) is 22.3. The second kappa shape index (κ2) is 10.5. The molecular weight excluding hydrogens is 394 g/mol. The Morgan fingerprint density at radius 2 is 1.56 bits per heavy atom. The van der Waals surface area contributed by atoms with E-state index in [9.17, 15) is 4.79 Å². The number of terminal acetylenes is 1. The maximum Gasteiger partial charge on any atom is 0.231 e. The average Bonchev–Trinajstić information content (AvgIpc) is 3.15. The summed E-state index contributed by atoms with van der Waals surface area (Å²) in [6, 6.07) is 16.4. The van der Waals surface area contributed by atoms with Crippen molar-refractivity contribution in [1.29, 1.82) is 0 Å². The van der Waals surface area contributed by atoms with Crippen molar-refractivity contribution in [3.8, 4) is 12.3 Å². The molecule has 1 aliphatic rings. The summed E-state index contributed by atoms with van der Waals surface area (Å²) in [5, 5.41) is 2.28. The van der Waals surface area contributed by atoms with Gasteiger partial charge < -0.3 is 4.90 Å². The highest BCUT2D eigenvalue weighted by Crippen LogP contribution is 2.29. The molecule has 1 saturated heterocycles. The van der Waals surface area contributed by atoms with Gasteiger partial charge in [-0.3, -0.25) is 14.3 Å². The molecule has 0 bridgehead atoms. The Bertz CT molecular complexity index is 1130. The number of allylic oxidation sites excluding steroid dienone is 2. The van der Waals surface area contributed by atoms with Crippen LogP contribution in [0.5, 0.6) is 0 Å². The second-order valence-electron chi connectivity index (χ2n) is 8.37. The van der Waals surface area contributed by atoms with Gasteiger partial charge in [0.2, 0.25) is 5.91 Å². The lowest BCUT2D eigenvalue weighted by Gasteiger charge is -2.34. The van der Waals surface area contributed by atoms with Crippen LogP contribution in [0, 0.1) is 12.3 Å². The Labute approximate surface area is 190 Å². The van der Waals surface area contributed by atoms with Crippen molar-refractivity contribution in [2.75, 3.05) is 39.3 Å². The molecule has 4 heteroatoms. The molecule has 164 valence electrons. The first-order valence-electron chi connectivity index (χ1n) is 11.4. The van der Waals surface area contributed by atoms with Gasteiger partial charge in [-0.25, -0.2) is 0 Å². The number of aromatic nitrogens is 1. The van der Waals surface area contributed by atoms with Gasteiger partial charge in [-0.1, -0.05) is 54.5 Å². The first kappa shape index (κ1) is 22.1. The maximum absolute atomic E-state index is 13.2. The number of rotatable bonds is 7. The fourth-order valence-electron chi connectivity index (χ4n) is 4.65. The summed E-state index contributed by atoms with van der Waals surface area (Å²) >= 11 is 0. The van der Waals surface area contributed by atoms with E-state index in [1.807, 2.05) is 60.0 Å². The number of carbonyl (C=O) groups is 1. The average molecular weight is 426 g/mol. The summed E-state index contributed by atoms with van der Waals surface area (Å²) in [7, 11) is 0. The lowest BCUT2D eigenvalue weighted by molar-refractivity contribution is 0.0895. The molecule has 3 aromatic rings.